The monoisotopic (exact) mass is 314 g/mol. The second-order valence-electron chi connectivity index (χ2n) is 5.97. The minimum Gasteiger partial charge on any atom is -0.341 e. The molecule has 1 amide bonds. The number of carbonyl (C=O) groups excluding carboxylic acids is 1. The van der Waals surface area contributed by atoms with Crippen LogP contribution in [-0.2, 0) is 17.5 Å². The Balaban J connectivity index is 2.09. The summed E-state index contributed by atoms with van der Waals surface area (Å²) in [4.78, 5) is 13.8. The number of hydrogen-bond donors (Lipinski definition) is 1. The number of amides is 1. The van der Waals surface area contributed by atoms with Crippen LogP contribution in [0.25, 0.3) is 0 Å². The Morgan fingerprint density at radius 3 is 2.64 bits per heavy atom. The van der Waals surface area contributed by atoms with Gasteiger partial charge in [0.2, 0.25) is 5.91 Å². The molecule has 1 aromatic carbocycles. The van der Waals surface area contributed by atoms with Crippen molar-refractivity contribution in [3.05, 3.63) is 35.4 Å². The van der Waals surface area contributed by atoms with Crippen molar-refractivity contribution >= 4 is 5.91 Å². The molecule has 6 heteroatoms. The molecule has 1 aliphatic carbocycles. The minimum absolute atomic E-state index is 0.0126. The lowest BCUT2D eigenvalue weighted by Gasteiger charge is -2.30. The Labute approximate surface area is 128 Å². The maximum absolute atomic E-state index is 13.0. The normalized spacial score (nSPS) is 22.4. The van der Waals surface area contributed by atoms with Gasteiger partial charge in [-0.2, -0.15) is 13.2 Å². The Kier molecular flexibility index (Phi) is 5.11. The molecule has 2 atom stereocenters. The van der Waals surface area contributed by atoms with Crippen LogP contribution in [-0.4, -0.2) is 23.9 Å². The van der Waals surface area contributed by atoms with Gasteiger partial charge in [0.1, 0.15) is 0 Å². The summed E-state index contributed by atoms with van der Waals surface area (Å²) >= 11 is 0. The maximum atomic E-state index is 13.0. The summed E-state index contributed by atoms with van der Waals surface area (Å²) in [7, 11) is 1.55. The fraction of sp³-hybridized carbons (Fsp3) is 0.562. The maximum Gasteiger partial charge on any atom is 0.416 e. The molecule has 0 bridgehead atoms. The summed E-state index contributed by atoms with van der Waals surface area (Å²) in [6.45, 7) is -0.0414. The van der Waals surface area contributed by atoms with E-state index in [1.165, 1.54) is 17.0 Å². The van der Waals surface area contributed by atoms with Crippen molar-refractivity contribution in [3.8, 4) is 0 Å². The van der Waals surface area contributed by atoms with E-state index in [4.69, 9.17) is 5.73 Å². The van der Waals surface area contributed by atoms with Gasteiger partial charge in [0.15, 0.2) is 0 Å². The van der Waals surface area contributed by atoms with Gasteiger partial charge in [-0.3, -0.25) is 4.79 Å². The summed E-state index contributed by atoms with van der Waals surface area (Å²) in [6, 6.07) is 5.38. The number of halogens is 3. The lowest BCUT2D eigenvalue weighted by Crippen LogP contribution is -2.38. The Bertz CT molecular complexity index is 530. The molecule has 1 fully saturated rings. The number of rotatable bonds is 3. The van der Waals surface area contributed by atoms with Crippen LogP contribution in [0.5, 0.6) is 0 Å². The van der Waals surface area contributed by atoms with Gasteiger partial charge in [-0.25, -0.2) is 0 Å². The van der Waals surface area contributed by atoms with E-state index < -0.39 is 11.7 Å². The Morgan fingerprint density at radius 2 is 2.00 bits per heavy atom. The van der Waals surface area contributed by atoms with Crippen LogP contribution in [0.1, 0.15) is 36.8 Å². The minimum atomic E-state index is -4.41. The summed E-state index contributed by atoms with van der Waals surface area (Å²) in [5, 5.41) is 0. The third-order valence-corrected chi connectivity index (χ3v) is 4.17. The fourth-order valence-corrected chi connectivity index (χ4v) is 3.03. The highest BCUT2D eigenvalue weighted by atomic mass is 19.4. The first-order valence-electron chi connectivity index (χ1n) is 7.44. The van der Waals surface area contributed by atoms with Gasteiger partial charge in [-0.05, 0) is 30.9 Å². The van der Waals surface area contributed by atoms with E-state index in [1.807, 2.05) is 0 Å². The first-order chi connectivity index (χ1) is 10.3. The van der Waals surface area contributed by atoms with Gasteiger partial charge in [0, 0.05) is 25.6 Å². The predicted molar refractivity (Wildman–Crippen MR) is 77.9 cm³/mol. The average molecular weight is 314 g/mol. The Morgan fingerprint density at radius 1 is 1.32 bits per heavy atom. The van der Waals surface area contributed by atoms with Crippen molar-refractivity contribution in [1.29, 1.82) is 0 Å². The largest absolute Gasteiger partial charge is 0.416 e. The summed E-state index contributed by atoms with van der Waals surface area (Å²) in [6.07, 6.45) is -1.23. The van der Waals surface area contributed by atoms with Gasteiger partial charge < -0.3 is 10.6 Å². The standard InChI is InChI=1S/C16H21F3N2O/c1-21(15(22)11-6-4-7-13(20)9-11)10-12-5-2-3-8-14(12)16(17,18)19/h2-3,5,8,11,13H,4,6-7,9-10,20H2,1H3/t11-,13-/m0/s1. The van der Waals surface area contributed by atoms with Crippen molar-refractivity contribution in [1.82, 2.24) is 4.90 Å². The Hall–Kier alpha value is -1.56. The molecule has 0 aliphatic heterocycles. The molecule has 3 nitrogen and oxygen atoms in total. The molecule has 0 spiro atoms. The molecule has 1 aromatic rings. The highest BCUT2D eigenvalue weighted by Crippen LogP contribution is 2.32. The number of carbonyl (C=O) groups is 1. The van der Waals surface area contributed by atoms with E-state index in [0.29, 0.717) is 6.42 Å². The van der Waals surface area contributed by atoms with E-state index in [1.54, 1.807) is 13.1 Å². The van der Waals surface area contributed by atoms with E-state index in [9.17, 15) is 18.0 Å². The molecule has 2 N–H and O–H groups in total. The molecule has 0 radical (unpaired) electrons. The first-order valence-corrected chi connectivity index (χ1v) is 7.44. The van der Waals surface area contributed by atoms with Crippen molar-refractivity contribution in [2.75, 3.05) is 7.05 Å². The fourth-order valence-electron chi connectivity index (χ4n) is 3.03. The van der Waals surface area contributed by atoms with Crippen molar-refractivity contribution in [2.45, 2.75) is 44.4 Å². The predicted octanol–water partition coefficient (Wildman–Crippen LogP) is 3.18. The van der Waals surface area contributed by atoms with Crippen LogP contribution in [0.3, 0.4) is 0 Å². The number of hydrogen-bond acceptors (Lipinski definition) is 2. The second kappa shape index (κ2) is 6.69. The smallest absolute Gasteiger partial charge is 0.341 e. The van der Waals surface area contributed by atoms with Crippen molar-refractivity contribution in [2.24, 2.45) is 11.7 Å². The van der Waals surface area contributed by atoms with Gasteiger partial charge >= 0.3 is 6.18 Å². The molecule has 1 saturated carbocycles. The van der Waals surface area contributed by atoms with Crippen LogP contribution >= 0.6 is 0 Å². The third kappa shape index (κ3) is 4.00. The van der Waals surface area contributed by atoms with Gasteiger partial charge in [0.05, 0.1) is 5.56 Å². The molecule has 0 heterocycles. The van der Waals surface area contributed by atoms with Crippen LogP contribution < -0.4 is 5.73 Å². The second-order valence-corrected chi connectivity index (χ2v) is 5.97. The van der Waals surface area contributed by atoms with E-state index in [0.717, 1.165) is 25.3 Å². The van der Waals surface area contributed by atoms with Gasteiger partial charge in [-0.1, -0.05) is 24.6 Å². The summed E-state index contributed by atoms with van der Waals surface area (Å²) in [5.74, 6) is -0.293. The number of nitrogens with two attached hydrogens (primary N) is 1. The topological polar surface area (TPSA) is 46.3 Å². The molecule has 0 saturated heterocycles. The van der Waals surface area contributed by atoms with E-state index >= 15 is 0 Å². The number of benzene rings is 1. The highest BCUT2D eigenvalue weighted by molar-refractivity contribution is 5.78. The third-order valence-electron chi connectivity index (χ3n) is 4.17. The molecular formula is C16H21F3N2O. The van der Waals surface area contributed by atoms with Crippen LogP contribution in [0.15, 0.2) is 24.3 Å². The van der Waals surface area contributed by atoms with Crippen LogP contribution in [0.2, 0.25) is 0 Å². The summed E-state index contributed by atoms with van der Waals surface area (Å²) < 4.78 is 39.0. The van der Waals surface area contributed by atoms with Crippen LogP contribution in [0.4, 0.5) is 13.2 Å². The molecule has 1 aliphatic rings. The molecule has 0 aromatic heterocycles. The zero-order valence-corrected chi connectivity index (χ0v) is 12.6. The molecule has 22 heavy (non-hydrogen) atoms. The van der Waals surface area contributed by atoms with E-state index in [2.05, 4.69) is 0 Å². The van der Waals surface area contributed by atoms with Crippen molar-refractivity contribution in [3.63, 3.8) is 0 Å². The highest BCUT2D eigenvalue weighted by Gasteiger charge is 2.34. The molecular weight excluding hydrogens is 293 g/mol. The molecule has 0 unspecified atom stereocenters. The molecule has 122 valence electrons. The first kappa shape index (κ1) is 16.8. The lowest BCUT2D eigenvalue weighted by atomic mass is 9.85. The molecule has 2 rings (SSSR count). The van der Waals surface area contributed by atoms with Gasteiger partial charge in [0.25, 0.3) is 0 Å². The van der Waals surface area contributed by atoms with E-state index in [-0.39, 0.29) is 30.0 Å². The van der Waals surface area contributed by atoms with Crippen molar-refractivity contribution < 1.29 is 18.0 Å². The zero-order chi connectivity index (χ0) is 16.3. The zero-order valence-electron chi connectivity index (χ0n) is 12.6. The SMILES string of the molecule is CN(Cc1ccccc1C(F)(F)F)C(=O)[C@H]1CCC[C@H](N)C1. The summed E-state index contributed by atoms with van der Waals surface area (Å²) in [5.41, 5.74) is 5.31. The van der Waals surface area contributed by atoms with Crippen LogP contribution in [0, 0.1) is 5.92 Å². The quantitative estimate of drug-likeness (QED) is 0.931. The number of alkyl halides is 3. The lowest BCUT2D eigenvalue weighted by molar-refractivity contribution is -0.140. The number of nitrogens with zero attached hydrogens (tertiary/aromatic N) is 1. The average Bonchev–Trinajstić information content (AvgIpc) is 2.46. The van der Waals surface area contributed by atoms with Gasteiger partial charge in [-0.15, -0.1) is 0 Å².